The first-order valence-electron chi connectivity index (χ1n) is 7.42. The number of hydrogen-bond acceptors (Lipinski definition) is 5. The number of halogens is 1. The van der Waals surface area contributed by atoms with Gasteiger partial charge in [-0.05, 0) is 47.5 Å². The molecule has 5 nitrogen and oxygen atoms in total. The molecule has 1 saturated heterocycles. The highest BCUT2D eigenvalue weighted by Crippen LogP contribution is 2.40. The Morgan fingerprint density at radius 1 is 1.30 bits per heavy atom. The van der Waals surface area contributed by atoms with Crippen LogP contribution in [0.15, 0.2) is 10.8 Å². The van der Waals surface area contributed by atoms with Gasteiger partial charge in [0.2, 0.25) is 0 Å². The van der Waals surface area contributed by atoms with Gasteiger partial charge in [0.15, 0.2) is 0 Å². The highest BCUT2D eigenvalue weighted by Gasteiger charge is 2.40. The molecule has 0 amide bonds. The van der Waals surface area contributed by atoms with Gasteiger partial charge in [0.1, 0.15) is 22.4 Å². The maximum atomic E-state index is 5.86. The van der Waals surface area contributed by atoms with E-state index in [9.17, 15) is 0 Å². The Morgan fingerprint density at radius 2 is 2.10 bits per heavy atom. The van der Waals surface area contributed by atoms with Crippen molar-refractivity contribution in [2.45, 2.75) is 44.8 Å². The standard InChI is InChI=1S/C14H21BrN4O/c1-2-6-16-13-11(15)14(18-8-17-13)19-10-5-7-20-12(10)9-3-4-9/h8-10,12H,2-7H2,1H3,(H2,16,17,18,19). The predicted molar refractivity (Wildman–Crippen MR) is 83.0 cm³/mol. The summed E-state index contributed by atoms with van der Waals surface area (Å²) in [4.78, 5) is 8.64. The zero-order valence-corrected chi connectivity index (χ0v) is 13.3. The summed E-state index contributed by atoms with van der Waals surface area (Å²) in [5, 5.41) is 6.84. The summed E-state index contributed by atoms with van der Waals surface area (Å²) in [5.74, 6) is 2.46. The average Bonchev–Trinajstić information content (AvgIpc) is 3.20. The van der Waals surface area contributed by atoms with Crippen LogP contribution in [0.25, 0.3) is 0 Å². The van der Waals surface area contributed by atoms with Crippen LogP contribution in [-0.2, 0) is 4.74 Å². The molecule has 1 aromatic rings. The molecule has 2 heterocycles. The lowest BCUT2D eigenvalue weighted by Gasteiger charge is -2.21. The molecule has 2 N–H and O–H groups in total. The fraction of sp³-hybridized carbons (Fsp3) is 0.714. The molecule has 6 heteroatoms. The topological polar surface area (TPSA) is 59.1 Å². The molecular weight excluding hydrogens is 320 g/mol. The molecule has 110 valence electrons. The molecule has 0 aromatic carbocycles. The summed E-state index contributed by atoms with van der Waals surface area (Å²) in [6, 6.07) is 0.368. The van der Waals surface area contributed by atoms with Crippen LogP contribution in [-0.4, -0.2) is 35.3 Å². The van der Waals surface area contributed by atoms with E-state index in [-0.39, 0.29) is 0 Å². The summed E-state index contributed by atoms with van der Waals surface area (Å²) in [7, 11) is 0. The molecule has 1 saturated carbocycles. The van der Waals surface area contributed by atoms with Gasteiger partial charge in [-0.1, -0.05) is 6.92 Å². The van der Waals surface area contributed by atoms with E-state index in [1.807, 2.05) is 0 Å². The molecular formula is C14H21BrN4O. The van der Waals surface area contributed by atoms with Crippen LogP contribution in [0.3, 0.4) is 0 Å². The molecule has 3 rings (SSSR count). The van der Waals surface area contributed by atoms with Gasteiger partial charge in [0.05, 0.1) is 12.1 Å². The fourth-order valence-corrected chi connectivity index (χ4v) is 3.13. The van der Waals surface area contributed by atoms with Crippen molar-refractivity contribution in [3.05, 3.63) is 10.8 Å². The minimum Gasteiger partial charge on any atom is -0.376 e. The van der Waals surface area contributed by atoms with E-state index in [0.29, 0.717) is 12.1 Å². The summed E-state index contributed by atoms with van der Waals surface area (Å²) in [6.07, 6.45) is 6.68. The van der Waals surface area contributed by atoms with Crippen LogP contribution in [0.1, 0.15) is 32.6 Å². The molecule has 1 aliphatic carbocycles. The number of anilines is 2. The van der Waals surface area contributed by atoms with Crippen LogP contribution >= 0.6 is 15.9 Å². The smallest absolute Gasteiger partial charge is 0.146 e. The third kappa shape index (κ3) is 3.06. The van der Waals surface area contributed by atoms with E-state index in [2.05, 4.69) is 43.5 Å². The zero-order valence-electron chi connectivity index (χ0n) is 11.7. The first-order chi connectivity index (χ1) is 9.79. The van der Waals surface area contributed by atoms with E-state index in [1.165, 1.54) is 12.8 Å². The molecule has 0 radical (unpaired) electrons. The summed E-state index contributed by atoms with van der Waals surface area (Å²) in [5.41, 5.74) is 0. The van der Waals surface area contributed by atoms with Crippen LogP contribution < -0.4 is 10.6 Å². The second-order valence-electron chi connectivity index (χ2n) is 5.52. The molecule has 1 aromatic heterocycles. The molecule has 1 aliphatic heterocycles. The number of hydrogen-bond donors (Lipinski definition) is 2. The number of nitrogens with one attached hydrogen (secondary N) is 2. The molecule has 2 fully saturated rings. The number of ether oxygens (including phenoxy) is 1. The van der Waals surface area contributed by atoms with E-state index in [4.69, 9.17) is 4.74 Å². The van der Waals surface area contributed by atoms with Crippen molar-refractivity contribution in [3.8, 4) is 0 Å². The van der Waals surface area contributed by atoms with Crippen molar-refractivity contribution in [2.24, 2.45) is 5.92 Å². The molecule has 20 heavy (non-hydrogen) atoms. The predicted octanol–water partition coefficient (Wildman–Crippen LogP) is 3.04. The SMILES string of the molecule is CCCNc1ncnc(NC2CCOC2C2CC2)c1Br. The maximum Gasteiger partial charge on any atom is 0.146 e. The molecule has 2 unspecified atom stereocenters. The molecule has 0 spiro atoms. The van der Waals surface area contributed by atoms with Crippen LogP contribution in [0.5, 0.6) is 0 Å². The third-order valence-corrected chi connectivity index (χ3v) is 4.63. The van der Waals surface area contributed by atoms with Gasteiger partial charge in [-0.25, -0.2) is 9.97 Å². The summed E-state index contributed by atoms with van der Waals surface area (Å²) in [6.45, 7) is 3.89. The molecule has 2 aliphatic rings. The lowest BCUT2D eigenvalue weighted by atomic mass is 10.1. The van der Waals surface area contributed by atoms with Gasteiger partial charge >= 0.3 is 0 Å². The lowest BCUT2D eigenvalue weighted by molar-refractivity contribution is 0.0898. The van der Waals surface area contributed by atoms with Gasteiger partial charge in [0, 0.05) is 13.2 Å². The Labute approximate surface area is 128 Å². The van der Waals surface area contributed by atoms with E-state index in [0.717, 1.165) is 48.0 Å². The van der Waals surface area contributed by atoms with Crippen molar-refractivity contribution in [1.29, 1.82) is 0 Å². The number of aromatic nitrogens is 2. The largest absolute Gasteiger partial charge is 0.376 e. The summed E-state index contributed by atoms with van der Waals surface area (Å²) >= 11 is 3.60. The van der Waals surface area contributed by atoms with E-state index in [1.54, 1.807) is 6.33 Å². The zero-order chi connectivity index (χ0) is 13.9. The van der Waals surface area contributed by atoms with Gasteiger partial charge in [-0.2, -0.15) is 0 Å². The first-order valence-corrected chi connectivity index (χ1v) is 8.21. The van der Waals surface area contributed by atoms with Crippen LogP contribution in [0.2, 0.25) is 0 Å². The second-order valence-corrected chi connectivity index (χ2v) is 6.32. The van der Waals surface area contributed by atoms with Crippen LogP contribution in [0.4, 0.5) is 11.6 Å². The van der Waals surface area contributed by atoms with Gasteiger partial charge in [-0.3, -0.25) is 0 Å². The quantitative estimate of drug-likeness (QED) is 0.833. The van der Waals surface area contributed by atoms with Crippen molar-refractivity contribution in [3.63, 3.8) is 0 Å². The maximum absolute atomic E-state index is 5.86. The Morgan fingerprint density at radius 3 is 2.85 bits per heavy atom. The van der Waals surface area contributed by atoms with E-state index < -0.39 is 0 Å². The van der Waals surface area contributed by atoms with Gasteiger partial charge in [-0.15, -0.1) is 0 Å². The molecule has 2 atom stereocenters. The van der Waals surface area contributed by atoms with Crippen molar-refractivity contribution in [1.82, 2.24) is 9.97 Å². The van der Waals surface area contributed by atoms with Crippen LogP contribution in [0, 0.1) is 5.92 Å². The van der Waals surface area contributed by atoms with Gasteiger partial charge < -0.3 is 15.4 Å². The normalized spacial score (nSPS) is 25.7. The highest BCUT2D eigenvalue weighted by molar-refractivity contribution is 9.10. The highest BCUT2D eigenvalue weighted by atomic mass is 79.9. The Balaban J connectivity index is 1.70. The first kappa shape index (κ1) is 14.1. The Hall–Kier alpha value is -0.880. The fourth-order valence-electron chi connectivity index (χ4n) is 2.67. The second kappa shape index (κ2) is 6.26. The summed E-state index contributed by atoms with van der Waals surface area (Å²) < 4.78 is 6.77. The Bertz CT molecular complexity index is 466. The molecule has 0 bridgehead atoms. The third-order valence-electron chi connectivity index (χ3n) is 3.88. The minimum atomic E-state index is 0.351. The van der Waals surface area contributed by atoms with E-state index >= 15 is 0 Å². The Kier molecular flexibility index (Phi) is 4.41. The van der Waals surface area contributed by atoms with Gasteiger partial charge in [0.25, 0.3) is 0 Å². The van der Waals surface area contributed by atoms with Crippen molar-refractivity contribution < 1.29 is 4.74 Å². The number of rotatable bonds is 6. The van der Waals surface area contributed by atoms with Crippen molar-refractivity contribution >= 4 is 27.6 Å². The average molecular weight is 341 g/mol. The number of nitrogens with zero attached hydrogens (tertiary/aromatic N) is 2. The minimum absolute atomic E-state index is 0.351. The lowest BCUT2D eigenvalue weighted by Crippen LogP contribution is -2.31. The monoisotopic (exact) mass is 340 g/mol. The van der Waals surface area contributed by atoms with Crippen molar-refractivity contribution in [2.75, 3.05) is 23.8 Å².